The second-order valence-corrected chi connectivity index (χ2v) is 5.30. The number of ether oxygens (including phenoxy) is 2. The van der Waals surface area contributed by atoms with Crippen molar-refractivity contribution in [2.75, 3.05) is 53.1 Å². The van der Waals surface area contributed by atoms with E-state index in [0.29, 0.717) is 32.9 Å². The molecule has 1 aliphatic rings. The first kappa shape index (κ1) is 17.5. The van der Waals surface area contributed by atoms with Crippen LogP contribution >= 0.6 is 0 Å². The van der Waals surface area contributed by atoms with Gasteiger partial charge in [-0.1, -0.05) is 0 Å². The van der Waals surface area contributed by atoms with Gasteiger partial charge in [-0.3, -0.25) is 9.59 Å². The average molecular weight is 326 g/mol. The zero-order valence-corrected chi connectivity index (χ0v) is 13.3. The summed E-state index contributed by atoms with van der Waals surface area (Å²) in [5, 5.41) is 5.18. The summed E-state index contributed by atoms with van der Waals surface area (Å²) in [5.74, 6) is -0.510. The largest absolute Gasteiger partial charge is 0.463 e. The lowest BCUT2D eigenvalue weighted by atomic mass is 10.1. The first-order valence-electron chi connectivity index (χ1n) is 7.73. The van der Waals surface area contributed by atoms with Crippen molar-refractivity contribution in [1.82, 2.24) is 10.6 Å². The number of quaternary nitrogens is 1. The lowest BCUT2D eigenvalue weighted by Crippen LogP contribution is -3.15. The van der Waals surface area contributed by atoms with Crippen molar-refractivity contribution in [3.63, 3.8) is 0 Å². The monoisotopic (exact) mass is 326 g/mol. The van der Waals surface area contributed by atoms with Crippen molar-refractivity contribution in [3.8, 4) is 0 Å². The first-order valence-corrected chi connectivity index (χ1v) is 7.73. The third kappa shape index (κ3) is 5.34. The number of furan rings is 1. The van der Waals surface area contributed by atoms with Crippen molar-refractivity contribution in [1.29, 1.82) is 0 Å². The maximum atomic E-state index is 11.9. The Morgan fingerprint density at radius 3 is 2.70 bits per heavy atom. The number of methoxy groups -OCH3 is 1. The molecule has 0 aliphatic carbocycles. The molecule has 1 aliphatic heterocycles. The molecule has 1 aromatic rings. The molecule has 2 amide bonds. The van der Waals surface area contributed by atoms with Crippen LogP contribution in [0.1, 0.15) is 11.8 Å². The van der Waals surface area contributed by atoms with E-state index in [9.17, 15) is 9.59 Å². The predicted molar refractivity (Wildman–Crippen MR) is 80.9 cm³/mol. The summed E-state index contributed by atoms with van der Waals surface area (Å²) >= 11 is 0. The number of hydrogen-bond donors (Lipinski definition) is 3. The molecular formula is C15H24N3O5+. The second-order valence-electron chi connectivity index (χ2n) is 5.30. The molecule has 0 saturated carbocycles. The van der Waals surface area contributed by atoms with Gasteiger partial charge in [0.1, 0.15) is 13.1 Å². The van der Waals surface area contributed by atoms with Gasteiger partial charge in [-0.25, -0.2) is 0 Å². The van der Waals surface area contributed by atoms with E-state index in [-0.39, 0.29) is 6.04 Å². The van der Waals surface area contributed by atoms with Gasteiger partial charge in [0.05, 0.1) is 32.6 Å². The molecule has 0 spiro atoms. The number of amides is 2. The summed E-state index contributed by atoms with van der Waals surface area (Å²) in [6.07, 6.45) is 1.61. The third-order valence-corrected chi connectivity index (χ3v) is 3.78. The van der Waals surface area contributed by atoms with E-state index in [1.807, 2.05) is 12.1 Å². The minimum absolute atomic E-state index is 0.0374. The molecule has 1 saturated heterocycles. The number of carbonyl (C=O) groups excluding carboxylic acids is 2. The number of rotatable bonds is 7. The highest BCUT2D eigenvalue weighted by Crippen LogP contribution is 2.09. The molecule has 128 valence electrons. The Hall–Kier alpha value is -1.90. The van der Waals surface area contributed by atoms with Gasteiger partial charge in [0.25, 0.3) is 0 Å². The Morgan fingerprint density at radius 2 is 2.04 bits per heavy atom. The molecule has 2 heterocycles. The molecule has 8 nitrogen and oxygen atoms in total. The lowest BCUT2D eigenvalue weighted by Gasteiger charge is -2.30. The highest BCUT2D eigenvalue weighted by molar-refractivity contribution is 6.35. The minimum Gasteiger partial charge on any atom is -0.463 e. The normalized spacial score (nSPS) is 16.7. The van der Waals surface area contributed by atoms with Gasteiger partial charge in [0.2, 0.25) is 0 Å². The highest BCUT2D eigenvalue weighted by atomic mass is 16.5. The van der Waals surface area contributed by atoms with E-state index in [0.717, 1.165) is 18.8 Å². The van der Waals surface area contributed by atoms with Crippen LogP contribution in [-0.2, 0) is 19.1 Å². The predicted octanol–water partition coefficient (Wildman–Crippen LogP) is -1.89. The molecular weight excluding hydrogens is 302 g/mol. The summed E-state index contributed by atoms with van der Waals surface area (Å²) in [6, 6.07) is 3.67. The lowest BCUT2D eigenvalue weighted by molar-refractivity contribution is -0.938. The van der Waals surface area contributed by atoms with E-state index in [1.165, 1.54) is 12.0 Å². The van der Waals surface area contributed by atoms with Gasteiger partial charge in [0.15, 0.2) is 11.8 Å². The zero-order valence-electron chi connectivity index (χ0n) is 13.3. The van der Waals surface area contributed by atoms with Gasteiger partial charge in [0, 0.05) is 13.7 Å². The molecule has 0 aromatic carbocycles. The number of carbonyl (C=O) groups is 2. The van der Waals surface area contributed by atoms with Crippen LogP contribution in [0.3, 0.4) is 0 Å². The standard InChI is InChI=1S/C15H23N3O5/c1-21-8-4-16-14(19)15(20)17-11-12(13-3-2-7-23-13)18-5-9-22-10-6-18/h2-3,7,12H,4-6,8-11H2,1H3,(H,16,19)(H,17,20)/p+1/t12-/m0/s1. The number of hydrogen-bond acceptors (Lipinski definition) is 5. The Labute approximate surface area is 135 Å². The van der Waals surface area contributed by atoms with Gasteiger partial charge in [-0.15, -0.1) is 0 Å². The first-order chi connectivity index (χ1) is 11.2. The van der Waals surface area contributed by atoms with E-state index in [2.05, 4.69) is 10.6 Å². The third-order valence-electron chi connectivity index (χ3n) is 3.78. The van der Waals surface area contributed by atoms with Crippen LogP contribution < -0.4 is 15.5 Å². The molecule has 0 unspecified atom stereocenters. The summed E-state index contributed by atoms with van der Waals surface area (Å²) in [5.41, 5.74) is 0. The van der Waals surface area contributed by atoms with Crippen molar-refractivity contribution in [3.05, 3.63) is 24.2 Å². The Kier molecular flexibility index (Phi) is 7.05. The van der Waals surface area contributed by atoms with Crippen LogP contribution in [0.15, 0.2) is 22.8 Å². The van der Waals surface area contributed by atoms with Crippen molar-refractivity contribution >= 4 is 11.8 Å². The molecule has 3 N–H and O–H groups in total. The highest BCUT2D eigenvalue weighted by Gasteiger charge is 2.29. The van der Waals surface area contributed by atoms with Crippen LogP contribution in [0, 0.1) is 0 Å². The van der Waals surface area contributed by atoms with Gasteiger partial charge < -0.3 is 29.4 Å². The molecule has 0 radical (unpaired) electrons. The summed E-state index contributed by atoms with van der Waals surface area (Å²) < 4.78 is 15.7. The molecule has 0 bridgehead atoms. The van der Waals surface area contributed by atoms with E-state index in [4.69, 9.17) is 13.9 Å². The molecule has 1 aromatic heterocycles. The fourth-order valence-corrected chi connectivity index (χ4v) is 2.54. The van der Waals surface area contributed by atoms with Crippen LogP contribution in [0.4, 0.5) is 0 Å². The van der Waals surface area contributed by atoms with Gasteiger partial charge in [-0.05, 0) is 12.1 Å². The maximum Gasteiger partial charge on any atom is 0.309 e. The quantitative estimate of drug-likeness (QED) is 0.403. The average Bonchev–Trinajstić information content (AvgIpc) is 3.10. The Balaban J connectivity index is 1.88. The van der Waals surface area contributed by atoms with Gasteiger partial charge in [-0.2, -0.15) is 0 Å². The van der Waals surface area contributed by atoms with Crippen LogP contribution in [0.5, 0.6) is 0 Å². The second kappa shape index (κ2) is 9.29. The van der Waals surface area contributed by atoms with Crippen molar-refractivity contribution in [2.45, 2.75) is 6.04 Å². The molecule has 1 fully saturated rings. The molecule has 2 rings (SSSR count). The molecule has 1 atom stereocenters. The fourth-order valence-electron chi connectivity index (χ4n) is 2.54. The summed E-state index contributed by atoms with van der Waals surface area (Å²) in [7, 11) is 1.53. The van der Waals surface area contributed by atoms with Crippen LogP contribution in [0.25, 0.3) is 0 Å². The number of nitrogens with one attached hydrogen (secondary N) is 3. The zero-order chi connectivity index (χ0) is 16.5. The molecule has 8 heteroatoms. The fraction of sp³-hybridized carbons (Fsp3) is 0.600. The summed E-state index contributed by atoms with van der Waals surface area (Å²) in [4.78, 5) is 24.8. The van der Waals surface area contributed by atoms with Crippen LogP contribution in [-0.4, -0.2) is 64.9 Å². The molecule has 23 heavy (non-hydrogen) atoms. The summed E-state index contributed by atoms with van der Waals surface area (Å²) in [6.45, 7) is 4.03. The topological polar surface area (TPSA) is 94.2 Å². The van der Waals surface area contributed by atoms with Crippen molar-refractivity contribution in [2.24, 2.45) is 0 Å². The van der Waals surface area contributed by atoms with E-state index in [1.54, 1.807) is 6.26 Å². The Morgan fingerprint density at radius 1 is 1.30 bits per heavy atom. The number of morpholine rings is 1. The maximum absolute atomic E-state index is 11.9. The Bertz CT molecular complexity index is 485. The van der Waals surface area contributed by atoms with E-state index >= 15 is 0 Å². The van der Waals surface area contributed by atoms with Crippen molar-refractivity contribution < 1.29 is 28.4 Å². The van der Waals surface area contributed by atoms with Gasteiger partial charge >= 0.3 is 11.8 Å². The van der Waals surface area contributed by atoms with E-state index < -0.39 is 11.8 Å². The smallest absolute Gasteiger partial charge is 0.309 e. The van der Waals surface area contributed by atoms with Crippen LogP contribution in [0.2, 0.25) is 0 Å². The minimum atomic E-state index is -0.655. The SMILES string of the molecule is COCCNC(=O)C(=O)NC[C@@H](c1ccco1)[NH+]1CCOCC1.